The first-order valence-corrected chi connectivity index (χ1v) is 8.15. The Labute approximate surface area is 134 Å². The van der Waals surface area contributed by atoms with E-state index in [4.69, 9.17) is 4.42 Å². The number of nitrogens with zero attached hydrogens (tertiary/aromatic N) is 3. The fourth-order valence-electron chi connectivity index (χ4n) is 3.16. The van der Waals surface area contributed by atoms with Crippen LogP contribution >= 0.6 is 0 Å². The molecule has 6 heteroatoms. The zero-order chi connectivity index (χ0) is 15.7. The monoisotopic (exact) mass is 312 g/mol. The number of carbonyl (C=O) groups excluding carboxylic acids is 1. The zero-order valence-electron chi connectivity index (χ0n) is 13.0. The third-order valence-corrected chi connectivity index (χ3v) is 4.97. The van der Waals surface area contributed by atoms with Crippen LogP contribution in [-0.4, -0.2) is 40.6 Å². The van der Waals surface area contributed by atoms with Crippen molar-refractivity contribution in [2.24, 2.45) is 5.41 Å². The van der Waals surface area contributed by atoms with Crippen molar-refractivity contribution in [1.29, 1.82) is 0 Å². The van der Waals surface area contributed by atoms with Crippen LogP contribution in [0.1, 0.15) is 25.7 Å². The molecule has 1 aromatic carbocycles. The summed E-state index contributed by atoms with van der Waals surface area (Å²) in [6.07, 6.45) is 4.99. The predicted octanol–water partition coefficient (Wildman–Crippen LogP) is 2.55. The van der Waals surface area contributed by atoms with Gasteiger partial charge in [0.2, 0.25) is 11.8 Å². The number of piperidine rings is 1. The summed E-state index contributed by atoms with van der Waals surface area (Å²) in [4.78, 5) is 14.2. The predicted molar refractivity (Wildman–Crippen MR) is 85.7 cm³/mol. The number of carbonyl (C=O) groups is 1. The van der Waals surface area contributed by atoms with Crippen LogP contribution < -0.4 is 5.32 Å². The van der Waals surface area contributed by atoms with Gasteiger partial charge in [0.1, 0.15) is 0 Å². The minimum atomic E-state index is 0.0972. The molecular weight excluding hydrogens is 292 g/mol. The number of hydrogen-bond acceptors (Lipinski definition) is 5. The third kappa shape index (κ3) is 3.06. The van der Waals surface area contributed by atoms with Gasteiger partial charge in [-0.25, -0.2) is 0 Å². The summed E-state index contributed by atoms with van der Waals surface area (Å²) in [7, 11) is 0. The van der Waals surface area contributed by atoms with E-state index in [1.165, 1.54) is 12.8 Å². The third-order valence-electron chi connectivity index (χ3n) is 4.97. The van der Waals surface area contributed by atoms with Crippen LogP contribution in [0.2, 0.25) is 0 Å². The maximum Gasteiger partial charge on any atom is 0.316 e. The molecule has 1 amide bonds. The van der Waals surface area contributed by atoms with Crippen molar-refractivity contribution in [3.63, 3.8) is 0 Å². The molecule has 23 heavy (non-hydrogen) atoms. The highest BCUT2D eigenvalue weighted by atomic mass is 16.4. The topological polar surface area (TPSA) is 71.3 Å². The molecule has 1 aromatic heterocycles. The number of likely N-dealkylation sites (tertiary alicyclic amines) is 1. The van der Waals surface area contributed by atoms with E-state index in [1.807, 2.05) is 35.2 Å². The van der Waals surface area contributed by atoms with E-state index in [9.17, 15) is 4.79 Å². The minimum Gasteiger partial charge on any atom is -0.403 e. The van der Waals surface area contributed by atoms with Gasteiger partial charge in [0, 0.05) is 18.7 Å². The molecule has 0 bridgehead atoms. The number of benzene rings is 1. The molecule has 2 heterocycles. The summed E-state index contributed by atoms with van der Waals surface area (Å²) < 4.78 is 5.55. The van der Waals surface area contributed by atoms with Crippen molar-refractivity contribution in [3.8, 4) is 11.5 Å². The van der Waals surface area contributed by atoms with Crippen molar-refractivity contribution < 1.29 is 9.21 Å². The standard InChI is InChI=1S/C17H20N4O2/c22-14(21-10-8-17(6-7-17)9-11-21)12-18-16-20-19-15(23-16)13-4-2-1-3-5-13/h1-5H,6-12H2,(H,18,20). The Morgan fingerprint density at radius 1 is 1.13 bits per heavy atom. The molecule has 0 radical (unpaired) electrons. The van der Waals surface area contributed by atoms with Gasteiger partial charge in [-0.05, 0) is 43.2 Å². The number of anilines is 1. The van der Waals surface area contributed by atoms with Gasteiger partial charge in [-0.15, -0.1) is 5.10 Å². The molecule has 2 fully saturated rings. The summed E-state index contributed by atoms with van der Waals surface area (Å²) >= 11 is 0. The number of nitrogens with one attached hydrogen (secondary N) is 1. The molecule has 0 unspecified atom stereocenters. The number of amides is 1. The van der Waals surface area contributed by atoms with E-state index in [1.54, 1.807) is 0 Å². The maximum atomic E-state index is 12.3. The fourth-order valence-corrected chi connectivity index (χ4v) is 3.16. The van der Waals surface area contributed by atoms with E-state index in [-0.39, 0.29) is 18.5 Å². The van der Waals surface area contributed by atoms with Crippen LogP contribution in [0.5, 0.6) is 0 Å². The normalized spacial score (nSPS) is 18.9. The summed E-state index contributed by atoms with van der Waals surface area (Å²) in [6.45, 7) is 1.95. The second-order valence-corrected chi connectivity index (χ2v) is 6.51. The van der Waals surface area contributed by atoms with E-state index in [0.29, 0.717) is 11.3 Å². The van der Waals surface area contributed by atoms with Gasteiger partial charge in [-0.1, -0.05) is 23.3 Å². The van der Waals surface area contributed by atoms with E-state index in [2.05, 4.69) is 15.5 Å². The highest BCUT2D eigenvalue weighted by molar-refractivity contribution is 5.80. The van der Waals surface area contributed by atoms with Crippen LogP contribution in [0.15, 0.2) is 34.7 Å². The Hall–Kier alpha value is -2.37. The van der Waals surface area contributed by atoms with Crippen LogP contribution in [-0.2, 0) is 4.79 Å². The van der Waals surface area contributed by atoms with E-state index < -0.39 is 0 Å². The highest BCUT2D eigenvalue weighted by Crippen LogP contribution is 2.53. The molecule has 1 spiro atoms. The first-order valence-electron chi connectivity index (χ1n) is 8.15. The molecule has 1 aliphatic carbocycles. The lowest BCUT2D eigenvalue weighted by atomic mass is 9.94. The van der Waals surface area contributed by atoms with Gasteiger partial charge in [-0.3, -0.25) is 4.79 Å². The van der Waals surface area contributed by atoms with Crippen LogP contribution in [0.4, 0.5) is 6.01 Å². The second-order valence-electron chi connectivity index (χ2n) is 6.51. The minimum absolute atomic E-state index is 0.0972. The summed E-state index contributed by atoms with van der Waals surface area (Å²) in [6, 6.07) is 9.86. The SMILES string of the molecule is O=C(CNc1nnc(-c2ccccc2)o1)N1CCC2(CC1)CC2. The van der Waals surface area contributed by atoms with Gasteiger partial charge in [0.25, 0.3) is 0 Å². The van der Waals surface area contributed by atoms with Crippen molar-refractivity contribution >= 4 is 11.9 Å². The van der Waals surface area contributed by atoms with Crippen LogP contribution in [0, 0.1) is 5.41 Å². The number of hydrogen-bond donors (Lipinski definition) is 1. The Bertz CT molecular complexity index is 684. The number of rotatable bonds is 4. The Morgan fingerprint density at radius 2 is 1.87 bits per heavy atom. The van der Waals surface area contributed by atoms with Crippen molar-refractivity contribution in [2.45, 2.75) is 25.7 Å². The lowest BCUT2D eigenvalue weighted by Crippen LogP contribution is -2.41. The lowest BCUT2D eigenvalue weighted by Gasteiger charge is -2.32. The Balaban J connectivity index is 1.31. The van der Waals surface area contributed by atoms with E-state index >= 15 is 0 Å². The number of aromatic nitrogens is 2. The zero-order valence-corrected chi connectivity index (χ0v) is 13.0. The molecule has 4 rings (SSSR count). The van der Waals surface area contributed by atoms with Gasteiger partial charge in [0.15, 0.2) is 0 Å². The average Bonchev–Trinajstić information content (AvgIpc) is 3.18. The first-order chi connectivity index (χ1) is 11.2. The highest BCUT2D eigenvalue weighted by Gasteiger charge is 2.44. The van der Waals surface area contributed by atoms with Crippen molar-refractivity contribution in [3.05, 3.63) is 30.3 Å². The van der Waals surface area contributed by atoms with Gasteiger partial charge >= 0.3 is 6.01 Å². The van der Waals surface area contributed by atoms with Crippen LogP contribution in [0.25, 0.3) is 11.5 Å². The van der Waals surface area contributed by atoms with Gasteiger partial charge < -0.3 is 14.6 Å². The van der Waals surface area contributed by atoms with Gasteiger partial charge in [-0.2, -0.15) is 0 Å². The van der Waals surface area contributed by atoms with E-state index in [0.717, 1.165) is 31.5 Å². The molecule has 120 valence electrons. The summed E-state index contributed by atoms with van der Waals surface area (Å²) in [5.41, 5.74) is 1.45. The quantitative estimate of drug-likeness (QED) is 0.939. The van der Waals surface area contributed by atoms with Crippen molar-refractivity contribution in [1.82, 2.24) is 15.1 Å². The molecular formula is C17H20N4O2. The summed E-state index contributed by atoms with van der Waals surface area (Å²) in [5, 5.41) is 10.9. The molecule has 1 saturated heterocycles. The smallest absolute Gasteiger partial charge is 0.316 e. The largest absolute Gasteiger partial charge is 0.403 e. The lowest BCUT2D eigenvalue weighted by molar-refractivity contribution is -0.130. The molecule has 6 nitrogen and oxygen atoms in total. The maximum absolute atomic E-state index is 12.3. The van der Waals surface area contributed by atoms with Crippen molar-refractivity contribution in [2.75, 3.05) is 25.0 Å². The first kappa shape index (κ1) is 14.2. The molecule has 2 aromatic rings. The second kappa shape index (κ2) is 5.68. The molecule has 1 aliphatic heterocycles. The Kier molecular flexibility index (Phi) is 3.52. The van der Waals surface area contributed by atoms with Gasteiger partial charge in [0.05, 0.1) is 6.54 Å². The Morgan fingerprint density at radius 3 is 2.57 bits per heavy atom. The molecule has 1 saturated carbocycles. The molecule has 1 N–H and O–H groups in total. The molecule has 0 atom stereocenters. The van der Waals surface area contributed by atoms with Crippen LogP contribution in [0.3, 0.4) is 0 Å². The fraction of sp³-hybridized carbons (Fsp3) is 0.471. The average molecular weight is 312 g/mol. The molecule has 2 aliphatic rings. The summed E-state index contributed by atoms with van der Waals surface area (Å²) in [5.74, 6) is 0.550.